The molecule has 0 bridgehead atoms. The van der Waals surface area contributed by atoms with Crippen LogP contribution in [0.25, 0.3) is 0 Å². The number of urea groups is 1. The van der Waals surface area contributed by atoms with Crippen LogP contribution in [0.1, 0.15) is 44.9 Å². The molecule has 2 aliphatic rings. The van der Waals surface area contributed by atoms with Crippen LogP contribution in [-0.4, -0.2) is 48.5 Å². The second kappa shape index (κ2) is 8.00. The fourth-order valence-electron chi connectivity index (χ4n) is 3.52. The number of primary amides is 1. The van der Waals surface area contributed by atoms with Gasteiger partial charge in [-0.25, -0.2) is 4.79 Å². The highest BCUT2D eigenvalue weighted by Crippen LogP contribution is 2.35. The number of likely N-dealkylation sites (tertiary alicyclic amines) is 1. The molecule has 0 aromatic carbocycles. The van der Waals surface area contributed by atoms with E-state index < -0.39 is 12.0 Å². The van der Waals surface area contributed by atoms with Crippen molar-refractivity contribution in [1.82, 2.24) is 10.2 Å². The maximum Gasteiger partial charge on any atom is 0.312 e. The third kappa shape index (κ3) is 4.61. The Balaban J connectivity index is 1.74. The summed E-state index contributed by atoms with van der Waals surface area (Å²) in [5.41, 5.74) is 4.90. The Bertz CT molecular complexity index is 425. The zero-order valence-electron chi connectivity index (χ0n) is 12.9. The third-order valence-electron chi connectivity index (χ3n) is 4.55. The number of amides is 3. The van der Waals surface area contributed by atoms with Crippen LogP contribution in [0.4, 0.5) is 4.79 Å². The molecular weight excluding hydrogens is 286 g/mol. The maximum atomic E-state index is 12.3. The summed E-state index contributed by atoms with van der Waals surface area (Å²) in [6.07, 6.45) is 6.94. The summed E-state index contributed by atoms with van der Waals surface area (Å²) in [5.74, 6) is 0.00836. The SMILES string of the molecule is NC(=O)NCCC(=O)OCC(=O)N1CCC[C@H]2CCCC[C@H]21. The van der Waals surface area contributed by atoms with Gasteiger partial charge in [0.2, 0.25) is 0 Å². The zero-order chi connectivity index (χ0) is 15.9. The summed E-state index contributed by atoms with van der Waals surface area (Å²) in [5, 5.41) is 2.31. The van der Waals surface area contributed by atoms with Crippen molar-refractivity contribution in [3.05, 3.63) is 0 Å². The van der Waals surface area contributed by atoms with Crippen molar-refractivity contribution in [2.75, 3.05) is 19.7 Å². The molecule has 7 nitrogen and oxygen atoms in total. The number of carbonyl (C=O) groups excluding carboxylic acids is 3. The van der Waals surface area contributed by atoms with Crippen LogP contribution in [0.5, 0.6) is 0 Å². The number of piperidine rings is 1. The molecule has 3 amide bonds. The Morgan fingerprint density at radius 2 is 1.86 bits per heavy atom. The van der Waals surface area contributed by atoms with Gasteiger partial charge in [0.1, 0.15) is 0 Å². The van der Waals surface area contributed by atoms with Crippen molar-refractivity contribution < 1.29 is 19.1 Å². The molecule has 1 saturated carbocycles. The monoisotopic (exact) mass is 311 g/mol. The zero-order valence-corrected chi connectivity index (χ0v) is 12.9. The molecule has 0 radical (unpaired) electrons. The molecule has 0 aromatic rings. The molecule has 2 rings (SSSR count). The van der Waals surface area contributed by atoms with Crippen LogP contribution >= 0.6 is 0 Å². The normalized spacial score (nSPS) is 24.3. The third-order valence-corrected chi connectivity index (χ3v) is 4.55. The lowest BCUT2D eigenvalue weighted by molar-refractivity contribution is -0.154. The fourth-order valence-corrected chi connectivity index (χ4v) is 3.52. The molecule has 1 aliphatic carbocycles. The Labute approximate surface area is 130 Å². The number of hydrogen-bond acceptors (Lipinski definition) is 4. The van der Waals surface area contributed by atoms with E-state index in [2.05, 4.69) is 5.32 Å². The Kier molecular flexibility index (Phi) is 6.03. The standard InChI is InChI=1S/C15H25N3O4/c16-15(21)17-8-7-14(20)22-10-13(19)18-9-3-5-11-4-1-2-6-12(11)18/h11-12H,1-10H2,(H3,16,17,21)/t11-,12-/m1/s1. The molecular formula is C15H25N3O4. The second-order valence-electron chi connectivity index (χ2n) is 6.04. The van der Waals surface area contributed by atoms with Gasteiger partial charge in [-0.05, 0) is 31.6 Å². The van der Waals surface area contributed by atoms with Crippen LogP contribution in [0.3, 0.4) is 0 Å². The fraction of sp³-hybridized carbons (Fsp3) is 0.800. The smallest absolute Gasteiger partial charge is 0.312 e. The summed E-state index contributed by atoms with van der Waals surface area (Å²) in [6, 6.07) is -0.356. The minimum absolute atomic E-state index is 0.0161. The summed E-state index contributed by atoms with van der Waals surface area (Å²) in [4.78, 5) is 36.2. The van der Waals surface area contributed by atoms with Crippen molar-refractivity contribution in [2.24, 2.45) is 11.7 Å². The number of nitrogens with zero attached hydrogens (tertiary/aromatic N) is 1. The molecule has 2 atom stereocenters. The van der Waals surface area contributed by atoms with E-state index in [0.717, 1.165) is 19.4 Å². The van der Waals surface area contributed by atoms with E-state index in [0.29, 0.717) is 12.0 Å². The van der Waals surface area contributed by atoms with E-state index in [-0.39, 0.29) is 25.5 Å². The maximum absolute atomic E-state index is 12.3. The Morgan fingerprint density at radius 1 is 1.14 bits per heavy atom. The first kappa shape index (κ1) is 16.6. The van der Waals surface area contributed by atoms with Crippen molar-refractivity contribution >= 4 is 17.9 Å². The van der Waals surface area contributed by atoms with Gasteiger partial charge in [-0.3, -0.25) is 9.59 Å². The van der Waals surface area contributed by atoms with Crippen LogP contribution in [-0.2, 0) is 14.3 Å². The average Bonchev–Trinajstić information content (AvgIpc) is 2.51. The topological polar surface area (TPSA) is 102 Å². The molecule has 1 saturated heterocycles. The lowest BCUT2D eigenvalue weighted by Gasteiger charge is -2.44. The Morgan fingerprint density at radius 3 is 2.64 bits per heavy atom. The molecule has 1 heterocycles. The molecule has 0 spiro atoms. The second-order valence-corrected chi connectivity index (χ2v) is 6.04. The molecule has 3 N–H and O–H groups in total. The van der Waals surface area contributed by atoms with Gasteiger partial charge in [-0.2, -0.15) is 0 Å². The van der Waals surface area contributed by atoms with Gasteiger partial charge in [0.15, 0.2) is 6.61 Å². The van der Waals surface area contributed by atoms with E-state index in [9.17, 15) is 14.4 Å². The van der Waals surface area contributed by atoms with Crippen LogP contribution in [0.15, 0.2) is 0 Å². The average molecular weight is 311 g/mol. The summed E-state index contributed by atoms with van der Waals surface area (Å²) in [6.45, 7) is 0.677. The number of ether oxygens (including phenoxy) is 1. The van der Waals surface area contributed by atoms with Gasteiger partial charge in [-0.1, -0.05) is 12.8 Å². The van der Waals surface area contributed by atoms with E-state index in [4.69, 9.17) is 10.5 Å². The molecule has 7 heteroatoms. The van der Waals surface area contributed by atoms with E-state index in [1.165, 1.54) is 25.7 Å². The number of esters is 1. The van der Waals surface area contributed by atoms with E-state index in [1.54, 1.807) is 0 Å². The molecule has 0 unspecified atom stereocenters. The van der Waals surface area contributed by atoms with Crippen molar-refractivity contribution in [2.45, 2.75) is 51.0 Å². The number of nitrogens with two attached hydrogens (primary N) is 1. The van der Waals surface area contributed by atoms with Gasteiger partial charge in [0, 0.05) is 19.1 Å². The van der Waals surface area contributed by atoms with Crippen LogP contribution < -0.4 is 11.1 Å². The molecule has 2 fully saturated rings. The van der Waals surface area contributed by atoms with E-state index >= 15 is 0 Å². The van der Waals surface area contributed by atoms with Gasteiger partial charge in [-0.15, -0.1) is 0 Å². The van der Waals surface area contributed by atoms with Crippen LogP contribution in [0.2, 0.25) is 0 Å². The number of carbonyl (C=O) groups is 3. The molecule has 1 aliphatic heterocycles. The molecule has 22 heavy (non-hydrogen) atoms. The lowest BCUT2D eigenvalue weighted by atomic mass is 9.78. The van der Waals surface area contributed by atoms with Gasteiger partial charge < -0.3 is 20.7 Å². The van der Waals surface area contributed by atoms with Crippen molar-refractivity contribution in [1.29, 1.82) is 0 Å². The Hall–Kier alpha value is -1.79. The first-order valence-electron chi connectivity index (χ1n) is 8.06. The minimum Gasteiger partial charge on any atom is -0.456 e. The number of fused-ring (bicyclic) bond motifs is 1. The predicted molar refractivity (Wildman–Crippen MR) is 79.9 cm³/mol. The van der Waals surface area contributed by atoms with Crippen molar-refractivity contribution in [3.8, 4) is 0 Å². The summed E-state index contributed by atoms with van der Waals surface area (Å²) in [7, 11) is 0. The number of hydrogen-bond donors (Lipinski definition) is 2. The lowest BCUT2D eigenvalue weighted by Crippen LogP contribution is -2.50. The van der Waals surface area contributed by atoms with E-state index in [1.807, 2.05) is 4.90 Å². The molecule has 124 valence electrons. The predicted octanol–water partition coefficient (Wildman–Crippen LogP) is 0.769. The molecule has 0 aromatic heterocycles. The first-order chi connectivity index (χ1) is 10.6. The van der Waals surface area contributed by atoms with Gasteiger partial charge >= 0.3 is 12.0 Å². The number of nitrogens with one attached hydrogen (secondary N) is 1. The number of rotatable bonds is 5. The largest absolute Gasteiger partial charge is 0.456 e. The van der Waals surface area contributed by atoms with Crippen LogP contribution in [0, 0.1) is 5.92 Å². The highest BCUT2D eigenvalue weighted by atomic mass is 16.5. The minimum atomic E-state index is -0.680. The summed E-state index contributed by atoms with van der Waals surface area (Å²) >= 11 is 0. The quantitative estimate of drug-likeness (QED) is 0.732. The van der Waals surface area contributed by atoms with Gasteiger partial charge in [0.05, 0.1) is 6.42 Å². The highest BCUT2D eigenvalue weighted by molar-refractivity contribution is 5.81. The van der Waals surface area contributed by atoms with Gasteiger partial charge in [0.25, 0.3) is 5.91 Å². The highest BCUT2D eigenvalue weighted by Gasteiger charge is 2.35. The van der Waals surface area contributed by atoms with Crippen molar-refractivity contribution in [3.63, 3.8) is 0 Å². The first-order valence-corrected chi connectivity index (χ1v) is 8.06. The summed E-state index contributed by atoms with van der Waals surface area (Å²) < 4.78 is 5.00.